The summed E-state index contributed by atoms with van der Waals surface area (Å²) in [6.45, 7) is 5.17. The minimum atomic E-state index is -0.828. The lowest BCUT2D eigenvalue weighted by Gasteiger charge is -2.15. The van der Waals surface area contributed by atoms with Gasteiger partial charge in [-0.05, 0) is 37.5 Å². The Hall–Kier alpha value is -1.42. The molecule has 1 rings (SSSR count). The maximum atomic E-state index is 10.7. The second kappa shape index (κ2) is 10.3. The monoisotopic (exact) mass is 328 g/mol. The molecule has 0 saturated carbocycles. The number of benzene rings is 1. The first-order valence-corrected chi connectivity index (χ1v) is 8.26. The van der Waals surface area contributed by atoms with Gasteiger partial charge in [0.05, 0.1) is 18.2 Å². The first kappa shape index (κ1) is 18.6. The third-order valence-electron chi connectivity index (χ3n) is 3.24. The molecule has 1 N–H and O–H groups in total. The van der Waals surface area contributed by atoms with Gasteiger partial charge in [0.15, 0.2) is 11.5 Å². The Morgan fingerprint density at radius 1 is 1.18 bits per heavy atom. The first-order chi connectivity index (χ1) is 10.6. The van der Waals surface area contributed by atoms with E-state index in [4.69, 9.17) is 26.2 Å². The van der Waals surface area contributed by atoms with Gasteiger partial charge >= 0.3 is 5.97 Å². The van der Waals surface area contributed by atoms with E-state index in [1.54, 1.807) is 6.07 Å². The number of rotatable bonds is 11. The van der Waals surface area contributed by atoms with Crippen molar-refractivity contribution in [2.75, 3.05) is 13.2 Å². The molecule has 0 spiro atoms. The molecular weight excluding hydrogens is 304 g/mol. The number of carboxylic acids is 1. The molecule has 0 unspecified atom stereocenters. The van der Waals surface area contributed by atoms with Crippen LogP contribution in [0.15, 0.2) is 12.1 Å². The minimum absolute atomic E-state index is 0.0686. The topological polar surface area (TPSA) is 55.8 Å². The normalized spacial score (nSPS) is 10.5. The van der Waals surface area contributed by atoms with Gasteiger partial charge in [0, 0.05) is 6.42 Å². The summed E-state index contributed by atoms with van der Waals surface area (Å²) in [5.74, 6) is 0.315. The number of carboxylic acid groups (broad SMARTS) is 1. The standard InChI is InChI=1S/C17H25ClO4/c1-3-5-6-7-10-22-17-14(18)11-13(8-9-16(19)20)12-15(17)21-4-2/h11-12H,3-10H2,1-2H3,(H,19,20). The average molecular weight is 329 g/mol. The van der Waals surface area contributed by atoms with E-state index in [2.05, 4.69) is 6.92 Å². The van der Waals surface area contributed by atoms with Crippen molar-refractivity contribution in [3.05, 3.63) is 22.7 Å². The lowest BCUT2D eigenvalue weighted by Crippen LogP contribution is -2.03. The average Bonchev–Trinajstić information content (AvgIpc) is 2.47. The highest BCUT2D eigenvalue weighted by molar-refractivity contribution is 6.32. The maximum absolute atomic E-state index is 10.7. The molecule has 0 fully saturated rings. The zero-order chi connectivity index (χ0) is 16.4. The van der Waals surface area contributed by atoms with Gasteiger partial charge in [0.2, 0.25) is 0 Å². The fraction of sp³-hybridized carbons (Fsp3) is 0.588. The summed E-state index contributed by atoms with van der Waals surface area (Å²) in [5, 5.41) is 9.24. The Bertz CT molecular complexity index is 474. The highest BCUT2D eigenvalue weighted by Crippen LogP contribution is 2.37. The summed E-state index contributed by atoms with van der Waals surface area (Å²) in [7, 11) is 0. The molecule has 0 radical (unpaired) electrons. The van der Waals surface area contributed by atoms with Crippen molar-refractivity contribution in [2.45, 2.75) is 52.4 Å². The van der Waals surface area contributed by atoms with Gasteiger partial charge in [0.25, 0.3) is 0 Å². The number of hydrogen-bond acceptors (Lipinski definition) is 3. The lowest BCUT2D eigenvalue weighted by atomic mass is 10.1. The van der Waals surface area contributed by atoms with Gasteiger partial charge in [-0.25, -0.2) is 0 Å². The summed E-state index contributed by atoms with van der Waals surface area (Å²) in [4.78, 5) is 10.7. The van der Waals surface area contributed by atoms with E-state index in [1.165, 1.54) is 12.8 Å². The lowest BCUT2D eigenvalue weighted by molar-refractivity contribution is -0.136. The zero-order valence-electron chi connectivity index (χ0n) is 13.4. The SMILES string of the molecule is CCCCCCOc1c(Cl)cc(CCC(=O)O)cc1OCC. The van der Waals surface area contributed by atoms with Crippen LogP contribution in [0.4, 0.5) is 0 Å². The molecule has 124 valence electrons. The summed E-state index contributed by atoms with van der Waals surface area (Å²) >= 11 is 6.27. The molecular formula is C17H25ClO4. The Labute approximate surface area is 137 Å². The number of hydrogen-bond donors (Lipinski definition) is 1. The van der Waals surface area contributed by atoms with Gasteiger partial charge in [-0.1, -0.05) is 37.8 Å². The Kier molecular flexibility index (Phi) is 8.75. The molecule has 0 saturated heterocycles. The third kappa shape index (κ3) is 6.56. The van der Waals surface area contributed by atoms with Gasteiger partial charge in [-0.3, -0.25) is 4.79 Å². The molecule has 0 atom stereocenters. The predicted octanol–water partition coefficient (Wildman–Crippen LogP) is 4.72. The van der Waals surface area contributed by atoms with Gasteiger partial charge < -0.3 is 14.6 Å². The van der Waals surface area contributed by atoms with Gasteiger partial charge in [-0.15, -0.1) is 0 Å². The molecule has 0 heterocycles. The molecule has 0 bridgehead atoms. The molecule has 5 heteroatoms. The van der Waals surface area contributed by atoms with Crippen LogP contribution in [-0.4, -0.2) is 24.3 Å². The summed E-state index contributed by atoms with van der Waals surface area (Å²) in [6.07, 6.45) is 4.99. The van der Waals surface area contributed by atoms with Gasteiger partial charge in [0.1, 0.15) is 0 Å². The van der Waals surface area contributed by atoms with Crippen molar-refractivity contribution in [1.82, 2.24) is 0 Å². The van der Waals surface area contributed by atoms with E-state index in [9.17, 15) is 4.79 Å². The Balaban J connectivity index is 2.74. The number of carbonyl (C=O) groups is 1. The van der Waals surface area contributed by atoms with E-state index in [-0.39, 0.29) is 6.42 Å². The van der Waals surface area contributed by atoms with Gasteiger partial charge in [-0.2, -0.15) is 0 Å². The molecule has 0 aliphatic heterocycles. The van der Waals surface area contributed by atoms with E-state index in [1.807, 2.05) is 13.0 Å². The number of aryl methyl sites for hydroxylation is 1. The second-order valence-corrected chi connectivity index (χ2v) is 5.55. The number of aliphatic carboxylic acids is 1. The van der Waals surface area contributed by atoms with Crippen molar-refractivity contribution < 1.29 is 19.4 Å². The van der Waals surface area contributed by atoms with Crippen LogP contribution in [0, 0.1) is 0 Å². The summed E-state index contributed by atoms with van der Waals surface area (Å²) in [6, 6.07) is 3.58. The van der Waals surface area contributed by atoms with E-state index in [0.29, 0.717) is 36.2 Å². The van der Waals surface area contributed by atoms with Crippen molar-refractivity contribution in [3.8, 4) is 11.5 Å². The number of halogens is 1. The fourth-order valence-corrected chi connectivity index (χ4v) is 2.41. The van der Waals surface area contributed by atoms with Crippen molar-refractivity contribution in [2.24, 2.45) is 0 Å². The van der Waals surface area contributed by atoms with Crippen LogP contribution < -0.4 is 9.47 Å². The molecule has 0 aliphatic rings. The quantitative estimate of drug-likeness (QED) is 0.597. The van der Waals surface area contributed by atoms with Crippen LogP contribution in [0.5, 0.6) is 11.5 Å². The molecule has 0 aromatic heterocycles. The Morgan fingerprint density at radius 2 is 1.95 bits per heavy atom. The molecule has 0 aliphatic carbocycles. The molecule has 22 heavy (non-hydrogen) atoms. The smallest absolute Gasteiger partial charge is 0.303 e. The summed E-state index contributed by atoms with van der Waals surface area (Å²) < 4.78 is 11.4. The first-order valence-electron chi connectivity index (χ1n) is 7.88. The fourth-order valence-electron chi connectivity index (χ4n) is 2.12. The van der Waals surface area contributed by atoms with Crippen molar-refractivity contribution >= 4 is 17.6 Å². The number of unbranched alkanes of at least 4 members (excludes halogenated alkanes) is 3. The van der Waals surface area contributed by atoms with Crippen molar-refractivity contribution in [3.63, 3.8) is 0 Å². The van der Waals surface area contributed by atoms with E-state index >= 15 is 0 Å². The highest BCUT2D eigenvalue weighted by Gasteiger charge is 2.13. The minimum Gasteiger partial charge on any atom is -0.490 e. The van der Waals surface area contributed by atoms with Crippen LogP contribution in [0.3, 0.4) is 0 Å². The zero-order valence-corrected chi connectivity index (χ0v) is 14.1. The van der Waals surface area contributed by atoms with Crippen molar-refractivity contribution in [1.29, 1.82) is 0 Å². The molecule has 1 aromatic carbocycles. The van der Waals surface area contributed by atoms with E-state index in [0.717, 1.165) is 18.4 Å². The van der Waals surface area contributed by atoms with Crippen LogP contribution >= 0.6 is 11.6 Å². The number of ether oxygens (including phenoxy) is 2. The predicted molar refractivity (Wildman–Crippen MR) is 88.2 cm³/mol. The van der Waals surface area contributed by atoms with E-state index < -0.39 is 5.97 Å². The molecule has 4 nitrogen and oxygen atoms in total. The summed E-state index contributed by atoms with van der Waals surface area (Å²) in [5.41, 5.74) is 0.842. The molecule has 0 amide bonds. The maximum Gasteiger partial charge on any atom is 0.303 e. The third-order valence-corrected chi connectivity index (χ3v) is 3.52. The second-order valence-electron chi connectivity index (χ2n) is 5.14. The molecule has 1 aromatic rings. The van der Waals surface area contributed by atoms with Crippen LogP contribution in [0.25, 0.3) is 0 Å². The van der Waals surface area contributed by atoms with Crippen LogP contribution in [-0.2, 0) is 11.2 Å². The largest absolute Gasteiger partial charge is 0.490 e. The van der Waals surface area contributed by atoms with Crippen LogP contribution in [0.2, 0.25) is 5.02 Å². The highest BCUT2D eigenvalue weighted by atomic mass is 35.5. The van der Waals surface area contributed by atoms with Crippen LogP contribution in [0.1, 0.15) is 51.5 Å². The Morgan fingerprint density at radius 3 is 2.59 bits per heavy atom.